The lowest BCUT2D eigenvalue weighted by molar-refractivity contribution is 0.154. The van der Waals surface area contributed by atoms with Crippen molar-refractivity contribution in [2.75, 3.05) is 26.2 Å². The second-order valence-electron chi connectivity index (χ2n) is 5.42. The Morgan fingerprint density at radius 1 is 1.50 bits per heavy atom. The van der Waals surface area contributed by atoms with E-state index in [9.17, 15) is 0 Å². The molecule has 1 aromatic heterocycles. The first-order chi connectivity index (χ1) is 8.70. The van der Waals surface area contributed by atoms with Gasteiger partial charge in [-0.15, -0.1) is 0 Å². The highest BCUT2D eigenvalue weighted by molar-refractivity contribution is 5.09. The number of hydrogen-bond donors (Lipinski definition) is 1. The van der Waals surface area contributed by atoms with Crippen molar-refractivity contribution < 1.29 is 4.42 Å². The Kier molecular flexibility index (Phi) is 4.84. The Morgan fingerprint density at radius 2 is 2.33 bits per heavy atom. The van der Waals surface area contributed by atoms with Crippen LogP contribution in [0.2, 0.25) is 0 Å². The molecule has 2 unspecified atom stereocenters. The lowest BCUT2D eigenvalue weighted by atomic mass is 9.98. The molecule has 0 bridgehead atoms. The number of aryl methyl sites for hydroxylation is 1. The van der Waals surface area contributed by atoms with Crippen molar-refractivity contribution in [2.45, 2.75) is 39.7 Å². The van der Waals surface area contributed by atoms with Gasteiger partial charge in [-0.2, -0.15) is 0 Å². The van der Waals surface area contributed by atoms with Gasteiger partial charge in [0.05, 0.1) is 6.04 Å². The van der Waals surface area contributed by atoms with E-state index in [-0.39, 0.29) is 0 Å². The van der Waals surface area contributed by atoms with Crippen LogP contribution < -0.4 is 5.32 Å². The Hall–Kier alpha value is -0.800. The summed E-state index contributed by atoms with van der Waals surface area (Å²) in [6, 6.07) is 4.55. The topological polar surface area (TPSA) is 28.4 Å². The van der Waals surface area contributed by atoms with Crippen LogP contribution in [0.5, 0.6) is 0 Å². The molecule has 102 valence electrons. The van der Waals surface area contributed by atoms with Crippen LogP contribution in [0.1, 0.15) is 44.3 Å². The van der Waals surface area contributed by atoms with Crippen molar-refractivity contribution in [3.8, 4) is 0 Å². The average Bonchev–Trinajstić information content (AvgIpc) is 2.83. The predicted molar refractivity (Wildman–Crippen MR) is 74.7 cm³/mol. The highest BCUT2D eigenvalue weighted by atomic mass is 16.3. The molecule has 0 radical (unpaired) electrons. The molecule has 2 rings (SSSR count). The zero-order valence-corrected chi connectivity index (χ0v) is 11.9. The number of furan rings is 1. The van der Waals surface area contributed by atoms with E-state index in [0.717, 1.165) is 24.0 Å². The standard InChI is InChI=1S/C15H26N2O/c1-4-17(11-14-6-5-9-16-10-14)13(3)15-8-7-12(2)18-15/h7-8,13-14,16H,4-6,9-11H2,1-3H3. The Bertz CT molecular complexity index is 355. The summed E-state index contributed by atoms with van der Waals surface area (Å²) in [6.45, 7) is 11.1. The minimum atomic E-state index is 0.380. The fourth-order valence-corrected chi connectivity index (χ4v) is 2.83. The molecular formula is C15H26N2O. The molecule has 0 amide bonds. The van der Waals surface area contributed by atoms with E-state index in [2.05, 4.69) is 36.2 Å². The normalized spacial score (nSPS) is 22.3. The highest BCUT2D eigenvalue weighted by Gasteiger charge is 2.22. The molecule has 0 spiro atoms. The van der Waals surface area contributed by atoms with Crippen molar-refractivity contribution in [1.29, 1.82) is 0 Å². The maximum Gasteiger partial charge on any atom is 0.121 e. The fraction of sp³-hybridized carbons (Fsp3) is 0.733. The molecule has 1 fully saturated rings. The van der Waals surface area contributed by atoms with E-state index < -0.39 is 0 Å². The maximum absolute atomic E-state index is 5.76. The van der Waals surface area contributed by atoms with Crippen molar-refractivity contribution >= 4 is 0 Å². The first-order valence-corrected chi connectivity index (χ1v) is 7.21. The van der Waals surface area contributed by atoms with Gasteiger partial charge in [0.2, 0.25) is 0 Å². The average molecular weight is 250 g/mol. The van der Waals surface area contributed by atoms with Crippen LogP contribution in [0.4, 0.5) is 0 Å². The van der Waals surface area contributed by atoms with Crippen molar-refractivity contribution in [3.05, 3.63) is 23.7 Å². The van der Waals surface area contributed by atoms with Crippen LogP contribution in [-0.4, -0.2) is 31.1 Å². The first kappa shape index (κ1) is 13.6. The van der Waals surface area contributed by atoms with E-state index in [0.29, 0.717) is 6.04 Å². The van der Waals surface area contributed by atoms with Gasteiger partial charge < -0.3 is 9.73 Å². The molecule has 0 aromatic carbocycles. The fourth-order valence-electron chi connectivity index (χ4n) is 2.83. The summed E-state index contributed by atoms with van der Waals surface area (Å²) in [7, 11) is 0. The Morgan fingerprint density at radius 3 is 2.89 bits per heavy atom. The third kappa shape index (κ3) is 3.36. The van der Waals surface area contributed by atoms with Gasteiger partial charge in [-0.05, 0) is 64.4 Å². The van der Waals surface area contributed by atoms with Gasteiger partial charge in [0.25, 0.3) is 0 Å². The summed E-state index contributed by atoms with van der Waals surface area (Å²) in [6.07, 6.45) is 2.67. The third-order valence-electron chi connectivity index (χ3n) is 4.02. The maximum atomic E-state index is 5.76. The van der Waals surface area contributed by atoms with Crippen molar-refractivity contribution in [2.24, 2.45) is 5.92 Å². The highest BCUT2D eigenvalue weighted by Crippen LogP contribution is 2.24. The predicted octanol–water partition coefficient (Wildman–Crippen LogP) is 2.97. The van der Waals surface area contributed by atoms with Gasteiger partial charge in [-0.1, -0.05) is 6.92 Å². The smallest absolute Gasteiger partial charge is 0.121 e. The minimum Gasteiger partial charge on any atom is -0.465 e. The molecule has 1 aliphatic heterocycles. The number of hydrogen-bond acceptors (Lipinski definition) is 3. The van der Waals surface area contributed by atoms with Gasteiger partial charge in [0.1, 0.15) is 11.5 Å². The van der Waals surface area contributed by atoms with E-state index in [1.807, 2.05) is 6.92 Å². The monoisotopic (exact) mass is 250 g/mol. The SMILES string of the molecule is CCN(CC1CCCNC1)C(C)c1ccc(C)o1. The molecule has 1 N–H and O–H groups in total. The first-order valence-electron chi connectivity index (χ1n) is 7.21. The summed E-state index contributed by atoms with van der Waals surface area (Å²) < 4.78 is 5.76. The van der Waals surface area contributed by atoms with Crippen LogP contribution in [0.3, 0.4) is 0 Å². The summed E-state index contributed by atoms with van der Waals surface area (Å²) >= 11 is 0. The molecule has 18 heavy (non-hydrogen) atoms. The van der Waals surface area contributed by atoms with Crippen LogP contribution in [-0.2, 0) is 0 Å². The van der Waals surface area contributed by atoms with Gasteiger partial charge >= 0.3 is 0 Å². The van der Waals surface area contributed by atoms with Gasteiger partial charge in [0.15, 0.2) is 0 Å². The van der Waals surface area contributed by atoms with E-state index in [1.54, 1.807) is 0 Å². The van der Waals surface area contributed by atoms with Crippen LogP contribution >= 0.6 is 0 Å². The second-order valence-corrected chi connectivity index (χ2v) is 5.42. The Balaban J connectivity index is 1.94. The Labute approximate surface area is 111 Å². The van der Waals surface area contributed by atoms with Gasteiger partial charge in [-0.25, -0.2) is 0 Å². The van der Waals surface area contributed by atoms with Crippen molar-refractivity contribution in [1.82, 2.24) is 10.2 Å². The summed E-state index contributed by atoms with van der Waals surface area (Å²) in [5.74, 6) is 2.89. The molecule has 1 aliphatic rings. The molecule has 3 nitrogen and oxygen atoms in total. The van der Waals surface area contributed by atoms with Gasteiger partial charge in [0, 0.05) is 6.54 Å². The summed E-state index contributed by atoms with van der Waals surface area (Å²) in [5.41, 5.74) is 0. The van der Waals surface area contributed by atoms with Crippen molar-refractivity contribution in [3.63, 3.8) is 0 Å². The van der Waals surface area contributed by atoms with Crippen LogP contribution in [0, 0.1) is 12.8 Å². The largest absolute Gasteiger partial charge is 0.465 e. The lowest BCUT2D eigenvalue weighted by Gasteiger charge is -2.32. The molecule has 1 saturated heterocycles. The molecule has 3 heteroatoms. The molecule has 2 heterocycles. The van der Waals surface area contributed by atoms with E-state index in [1.165, 1.54) is 32.5 Å². The summed E-state index contributed by atoms with van der Waals surface area (Å²) in [5, 5.41) is 3.50. The zero-order chi connectivity index (χ0) is 13.0. The molecule has 0 aliphatic carbocycles. The quantitative estimate of drug-likeness (QED) is 0.871. The number of nitrogens with one attached hydrogen (secondary N) is 1. The zero-order valence-electron chi connectivity index (χ0n) is 11.9. The third-order valence-corrected chi connectivity index (χ3v) is 4.02. The molecule has 2 atom stereocenters. The number of piperidine rings is 1. The lowest BCUT2D eigenvalue weighted by Crippen LogP contribution is -2.39. The summed E-state index contributed by atoms with van der Waals surface area (Å²) in [4.78, 5) is 2.52. The number of rotatable bonds is 5. The van der Waals surface area contributed by atoms with Crippen LogP contribution in [0.15, 0.2) is 16.5 Å². The molecule has 1 aromatic rings. The molecule has 0 saturated carbocycles. The minimum absolute atomic E-state index is 0.380. The second kappa shape index (κ2) is 6.39. The molecular weight excluding hydrogens is 224 g/mol. The number of nitrogens with zero attached hydrogens (tertiary/aromatic N) is 1. The van der Waals surface area contributed by atoms with Crippen LogP contribution in [0.25, 0.3) is 0 Å². The van der Waals surface area contributed by atoms with E-state index in [4.69, 9.17) is 4.42 Å². The van der Waals surface area contributed by atoms with Gasteiger partial charge in [-0.3, -0.25) is 4.90 Å². The van der Waals surface area contributed by atoms with E-state index >= 15 is 0 Å².